The number of fused-ring (bicyclic) bond motifs is 1. The summed E-state index contributed by atoms with van der Waals surface area (Å²) in [6.45, 7) is 2.81. The average molecular weight is 531 g/mol. The topological polar surface area (TPSA) is 12.0 Å². The van der Waals surface area contributed by atoms with E-state index in [9.17, 15) is 13.2 Å². The van der Waals surface area contributed by atoms with Crippen LogP contribution in [-0.4, -0.2) is 0 Å². The SMILES string of the molecule is CC(NCc1ccc(I)c(-c2ccc(C(F)(F)F)cc2)c1)c1cccc2ccccc12. The van der Waals surface area contributed by atoms with E-state index in [1.807, 2.05) is 24.3 Å². The highest BCUT2D eigenvalue weighted by Gasteiger charge is 2.30. The van der Waals surface area contributed by atoms with E-state index in [0.29, 0.717) is 6.54 Å². The van der Waals surface area contributed by atoms with Crippen molar-refractivity contribution in [3.05, 3.63) is 105 Å². The summed E-state index contributed by atoms with van der Waals surface area (Å²) < 4.78 is 39.6. The number of nitrogens with one attached hydrogen (secondary N) is 1. The molecule has 0 spiro atoms. The summed E-state index contributed by atoms with van der Waals surface area (Å²) in [7, 11) is 0. The Morgan fingerprint density at radius 3 is 2.32 bits per heavy atom. The molecule has 1 nitrogen and oxygen atoms in total. The smallest absolute Gasteiger partial charge is 0.306 e. The van der Waals surface area contributed by atoms with Gasteiger partial charge in [0, 0.05) is 16.2 Å². The second-order valence-electron chi connectivity index (χ2n) is 7.56. The number of halogens is 4. The molecule has 1 atom stereocenters. The van der Waals surface area contributed by atoms with E-state index < -0.39 is 11.7 Å². The van der Waals surface area contributed by atoms with E-state index in [-0.39, 0.29) is 6.04 Å². The van der Waals surface area contributed by atoms with Crippen LogP contribution in [0.1, 0.15) is 29.7 Å². The number of rotatable bonds is 5. The minimum atomic E-state index is -4.32. The number of hydrogen-bond donors (Lipinski definition) is 1. The first-order valence-electron chi connectivity index (χ1n) is 10.00. The van der Waals surface area contributed by atoms with Gasteiger partial charge in [-0.15, -0.1) is 0 Å². The third-order valence-corrected chi connectivity index (χ3v) is 6.40. The van der Waals surface area contributed by atoms with Gasteiger partial charge >= 0.3 is 6.18 Å². The lowest BCUT2D eigenvalue weighted by Gasteiger charge is -2.17. The third kappa shape index (κ3) is 4.93. The monoisotopic (exact) mass is 531 g/mol. The van der Waals surface area contributed by atoms with Crippen molar-refractivity contribution in [2.24, 2.45) is 0 Å². The summed E-state index contributed by atoms with van der Waals surface area (Å²) in [5.41, 5.74) is 3.41. The quantitative estimate of drug-likeness (QED) is 0.258. The summed E-state index contributed by atoms with van der Waals surface area (Å²) in [5, 5.41) is 6.03. The lowest BCUT2D eigenvalue weighted by Crippen LogP contribution is -2.18. The molecule has 1 unspecified atom stereocenters. The van der Waals surface area contributed by atoms with Gasteiger partial charge in [-0.1, -0.05) is 60.7 Å². The Morgan fingerprint density at radius 1 is 0.871 bits per heavy atom. The molecular weight excluding hydrogens is 510 g/mol. The Morgan fingerprint density at radius 2 is 1.58 bits per heavy atom. The van der Waals surface area contributed by atoms with Crippen molar-refractivity contribution in [2.75, 3.05) is 0 Å². The van der Waals surface area contributed by atoms with Crippen molar-refractivity contribution < 1.29 is 13.2 Å². The number of hydrogen-bond acceptors (Lipinski definition) is 1. The minimum Gasteiger partial charge on any atom is -0.306 e. The molecule has 0 radical (unpaired) electrons. The van der Waals surface area contributed by atoms with E-state index in [0.717, 1.165) is 32.4 Å². The molecular formula is C26H21F3IN. The Kier molecular flexibility index (Phi) is 6.34. The molecule has 0 saturated carbocycles. The molecule has 0 saturated heterocycles. The first-order chi connectivity index (χ1) is 14.8. The van der Waals surface area contributed by atoms with Crippen molar-refractivity contribution in [3.63, 3.8) is 0 Å². The fourth-order valence-electron chi connectivity index (χ4n) is 3.75. The highest BCUT2D eigenvalue weighted by atomic mass is 127. The minimum absolute atomic E-state index is 0.153. The molecule has 4 aromatic rings. The fraction of sp³-hybridized carbons (Fsp3) is 0.154. The highest BCUT2D eigenvalue weighted by molar-refractivity contribution is 14.1. The van der Waals surface area contributed by atoms with Crippen LogP contribution in [0, 0.1) is 3.57 Å². The Labute approximate surface area is 193 Å². The van der Waals surface area contributed by atoms with Gasteiger partial charge in [0.25, 0.3) is 0 Å². The van der Waals surface area contributed by atoms with Gasteiger partial charge in [-0.3, -0.25) is 0 Å². The lowest BCUT2D eigenvalue weighted by molar-refractivity contribution is -0.137. The second-order valence-corrected chi connectivity index (χ2v) is 8.72. The first kappa shape index (κ1) is 21.8. The molecule has 0 bridgehead atoms. The van der Waals surface area contributed by atoms with Crippen molar-refractivity contribution in [2.45, 2.75) is 25.7 Å². The Balaban J connectivity index is 1.53. The molecule has 0 amide bonds. The van der Waals surface area contributed by atoms with Gasteiger partial charge in [-0.25, -0.2) is 0 Å². The van der Waals surface area contributed by atoms with Crippen molar-refractivity contribution in [1.82, 2.24) is 5.32 Å². The zero-order valence-corrected chi connectivity index (χ0v) is 19.0. The van der Waals surface area contributed by atoms with E-state index in [2.05, 4.69) is 71.2 Å². The number of benzene rings is 4. The molecule has 1 N–H and O–H groups in total. The average Bonchev–Trinajstić information content (AvgIpc) is 2.77. The van der Waals surface area contributed by atoms with E-state index in [1.165, 1.54) is 28.5 Å². The molecule has 5 heteroatoms. The predicted molar refractivity (Wildman–Crippen MR) is 129 cm³/mol. The summed E-state index contributed by atoms with van der Waals surface area (Å²) in [4.78, 5) is 0. The molecule has 0 fully saturated rings. The van der Waals surface area contributed by atoms with Crippen LogP contribution in [0.2, 0.25) is 0 Å². The maximum Gasteiger partial charge on any atom is 0.416 e. The summed E-state index contributed by atoms with van der Waals surface area (Å²) in [6, 6.07) is 26.3. The van der Waals surface area contributed by atoms with Crippen molar-refractivity contribution in [3.8, 4) is 11.1 Å². The van der Waals surface area contributed by atoms with Crippen LogP contribution >= 0.6 is 22.6 Å². The summed E-state index contributed by atoms with van der Waals surface area (Å²) in [5.74, 6) is 0. The van der Waals surface area contributed by atoms with E-state index in [1.54, 1.807) is 0 Å². The second kappa shape index (κ2) is 9.01. The maximum atomic E-state index is 12.9. The lowest BCUT2D eigenvalue weighted by atomic mass is 9.99. The van der Waals surface area contributed by atoms with Gasteiger partial charge in [0.1, 0.15) is 0 Å². The van der Waals surface area contributed by atoms with E-state index in [4.69, 9.17) is 0 Å². The molecule has 0 aliphatic rings. The van der Waals surface area contributed by atoms with Crippen LogP contribution in [0.15, 0.2) is 84.9 Å². The molecule has 31 heavy (non-hydrogen) atoms. The van der Waals surface area contributed by atoms with E-state index >= 15 is 0 Å². The van der Waals surface area contributed by atoms with Gasteiger partial charge in [-0.05, 0) is 86.8 Å². The molecule has 158 valence electrons. The van der Waals surface area contributed by atoms with Crippen LogP contribution in [0.5, 0.6) is 0 Å². The van der Waals surface area contributed by atoms with Gasteiger partial charge in [0.2, 0.25) is 0 Å². The maximum absolute atomic E-state index is 12.9. The fourth-order valence-corrected chi connectivity index (χ4v) is 4.40. The Bertz CT molecular complexity index is 1190. The van der Waals surface area contributed by atoms with Gasteiger partial charge in [0.05, 0.1) is 5.56 Å². The molecule has 0 aliphatic heterocycles. The highest BCUT2D eigenvalue weighted by Crippen LogP contribution is 2.33. The number of alkyl halides is 3. The first-order valence-corrected chi connectivity index (χ1v) is 11.1. The zero-order chi connectivity index (χ0) is 22.0. The zero-order valence-electron chi connectivity index (χ0n) is 16.9. The standard InChI is InChI=1S/C26H21F3IN/c1-17(22-8-4-6-19-5-2-3-7-23(19)22)31-16-18-9-14-25(30)24(15-18)20-10-12-21(13-11-20)26(27,28)29/h2-15,17,31H,16H2,1H3. The Hall–Kier alpha value is -2.38. The van der Waals surface area contributed by atoms with Gasteiger partial charge < -0.3 is 5.32 Å². The summed E-state index contributed by atoms with van der Waals surface area (Å²) in [6.07, 6.45) is -4.32. The molecule has 0 heterocycles. The van der Waals surface area contributed by atoms with Crippen molar-refractivity contribution >= 4 is 33.4 Å². The van der Waals surface area contributed by atoms with Gasteiger partial charge in [0.15, 0.2) is 0 Å². The van der Waals surface area contributed by atoms with Crippen LogP contribution < -0.4 is 5.32 Å². The summed E-state index contributed by atoms with van der Waals surface area (Å²) >= 11 is 2.22. The van der Waals surface area contributed by atoms with Crippen LogP contribution in [-0.2, 0) is 12.7 Å². The third-order valence-electron chi connectivity index (χ3n) is 5.46. The molecule has 0 aromatic heterocycles. The van der Waals surface area contributed by atoms with Crippen LogP contribution in [0.3, 0.4) is 0 Å². The van der Waals surface area contributed by atoms with Crippen LogP contribution in [0.25, 0.3) is 21.9 Å². The normalized spacial score (nSPS) is 12.8. The molecule has 4 rings (SSSR count). The van der Waals surface area contributed by atoms with Gasteiger partial charge in [-0.2, -0.15) is 13.2 Å². The predicted octanol–water partition coefficient (Wildman–Crippen LogP) is 7.98. The van der Waals surface area contributed by atoms with Crippen LogP contribution in [0.4, 0.5) is 13.2 Å². The van der Waals surface area contributed by atoms with Crippen molar-refractivity contribution in [1.29, 1.82) is 0 Å². The largest absolute Gasteiger partial charge is 0.416 e. The molecule has 4 aromatic carbocycles. The molecule has 0 aliphatic carbocycles.